The maximum Gasteiger partial charge on any atom is 0.315 e. The lowest BCUT2D eigenvalue weighted by Gasteiger charge is -2.59. The average molecular weight is 558 g/mol. The minimum absolute atomic E-state index is 0.0100. The van der Waals surface area contributed by atoms with Crippen LogP contribution in [0.3, 0.4) is 0 Å². The lowest BCUT2D eigenvalue weighted by Crippen LogP contribution is -2.60. The van der Waals surface area contributed by atoms with Crippen LogP contribution in [0.4, 0.5) is 0 Å². The van der Waals surface area contributed by atoms with Crippen LogP contribution in [0.5, 0.6) is 5.75 Å². The van der Waals surface area contributed by atoms with Crippen molar-refractivity contribution in [1.29, 1.82) is 0 Å². The molecule has 3 aliphatic carbocycles. The van der Waals surface area contributed by atoms with Crippen LogP contribution in [0, 0.1) is 11.3 Å². The smallest absolute Gasteiger partial charge is 0.315 e. The van der Waals surface area contributed by atoms with E-state index in [1.165, 1.54) is 16.7 Å². The third kappa shape index (κ3) is 3.98. The minimum atomic E-state index is -0.840. The SMILES string of the molecule is COc1ccccc1CC(=O)N1C[C@H]2[C@@]3(c4ccccc4)CC[C@H](c4ccccc43)[C@@]2(C(=O)OCc2ccccc2)C1. The van der Waals surface area contributed by atoms with Crippen molar-refractivity contribution in [1.82, 2.24) is 4.90 Å². The van der Waals surface area contributed by atoms with E-state index in [2.05, 4.69) is 48.5 Å². The Morgan fingerprint density at radius 3 is 2.33 bits per heavy atom. The van der Waals surface area contributed by atoms with E-state index >= 15 is 0 Å². The summed E-state index contributed by atoms with van der Waals surface area (Å²) in [5.74, 6) is 0.398. The summed E-state index contributed by atoms with van der Waals surface area (Å²) in [6.45, 7) is 1.08. The first-order valence-electron chi connectivity index (χ1n) is 14.8. The molecule has 212 valence electrons. The molecule has 1 amide bonds. The van der Waals surface area contributed by atoms with Gasteiger partial charge in [-0.25, -0.2) is 0 Å². The standard InChI is InChI=1S/C37H35NO4/c1-41-32-19-11-8-14-27(32)22-34(39)38-23-33-36(28-15-6-3-7-16-28)21-20-31(29-17-9-10-18-30(29)36)37(33,25-38)35(40)42-24-26-12-4-2-5-13-26/h2-19,31,33H,20-25H2,1H3/t31-,33+,36-,37+/m1/s1. The summed E-state index contributed by atoms with van der Waals surface area (Å²) in [6, 6.07) is 36.7. The molecule has 0 unspecified atom stereocenters. The van der Waals surface area contributed by atoms with Gasteiger partial charge in [-0.05, 0) is 41.2 Å². The van der Waals surface area contributed by atoms with Gasteiger partial charge >= 0.3 is 5.97 Å². The van der Waals surface area contributed by atoms with E-state index in [9.17, 15) is 9.59 Å². The van der Waals surface area contributed by atoms with Crippen molar-refractivity contribution >= 4 is 11.9 Å². The molecule has 5 nitrogen and oxygen atoms in total. The molecule has 4 aliphatic rings. The molecule has 1 saturated carbocycles. The fourth-order valence-corrected chi connectivity index (χ4v) is 8.35. The van der Waals surface area contributed by atoms with E-state index in [4.69, 9.17) is 9.47 Å². The number of carbonyl (C=O) groups is 2. The number of rotatable bonds is 7. The Kier molecular flexibility index (Phi) is 6.61. The maximum atomic E-state index is 14.6. The van der Waals surface area contributed by atoms with Crippen LogP contribution < -0.4 is 4.74 Å². The number of methoxy groups -OCH3 is 1. The normalized spacial score (nSPS) is 25.4. The Balaban J connectivity index is 1.33. The first-order chi connectivity index (χ1) is 20.6. The van der Waals surface area contributed by atoms with Crippen molar-refractivity contribution in [2.75, 3.05) is 20.2 Å². The van der Waals surface area contributed by atoms with Gasteiger partial charge in [0.25, 0.3) is 0 Å². The number of fused-ring (bicyclic) bond motifs is 1. The molecule has 4 atom stereocenters. The third-order valence-electron chi connectivity index (χ3n) is 10.1. The molecule has 42 heavy (non-hydrogen) atoms. The highest BCUT2D eigenvalue weighted by molar-refractivity contribution is 5.86. The van der Waals surface area contributed by atoms with Crippen LogP contribution in [0.25, 0.3) is 0 Å². The summed E-state index contributed by atoms with van der Waals surface area (Å²) in [6.07, 6.45) is 2.03. The van der Waals surface area contributed by atoms with E-state index < -0.39 is 10.8 Å². The number of nitrogens with zero attached hydrogens (tertiary/aromatic N) is 1. The first-order valence-corrected chi connectivity index (χ1v) is 14.8. The lowest BCUT2D eigenvalue weighted by molar-refractivity contribution is -0.166. The molecule has 1 heterocycles. The van der Waals surface area contributed by atoms with Crippen LogP contribution in [0.15, 0.2) is 109 Å². The van der Waals surface area contributed by atoms with E-state index in [-0.39, 0.29) is 36.7 Å². The van der Waals surface area contributed by atoms with Gasteiger partial charge in [0.05, 0.1) is 18.9 Å². The van der Waals surface area contributed by atoms with Gasteiger partial charge in [0.1, 0.15) is 12.4 Å². The Morgan fingerprint density at radius 1 is 0.857 bits per heavy atom. The van der Waals surface area contributed by atoms with Crippen molar-refractivity contribution in [2.45, 2.75) is 37.2 Å². The van der Waals surface area contributed by atoms with E-state index in [1.54, 1.807) is 7.11 Å². The molecule has 0 radical (unpaired) electrons. The third-order valence-corrected chi connectivity index (χ3v) is 10.1. The molecule has 1 saturated heterocycles. The van der Waals surface area contributed by atoms with E-state index in [0.29, 0.717) is 18.8 Å². The predicted octanol–water partition coefficient (Wildman–Crippen LogP) is 6.30. The number of ether oxygens (including phenoxy) is 2. The summed E-state index contributed by atoms with van der Waals surface area (Å²) in [5.41, 5.74) is 4.30. The Labute approximate surface area is 247 Å². The lowest BCUT2D eigenvalue weighted by atomic mass is 9.42. The molecular formula is C37H35NO4. The van der Waals surface area contributed by atoms with Crippen LogP contribution in [-0.4, -0.2) is 37.0 Å². The molecule has 0 spiro atoms. The van der Waals surface area contributed by atoms with Crippen LogP contribution >= 0.6 is 0 Å². The predicted molar refractivity (Wildman–Crippen MR) is 161 cm³/mol. The number of esters is 1. The van der Waals surface area contributed by atoms with Crippen molar-refractivity contribution < 1.29 is 19.1 Å². The Bertz CT molecular complexity index is 1620. The van der Waals surface area contributed by atoms with Gasteiger partial charge in [0.15, 0.2) is 0 Å². The zero-order chi connectivity index (χ0) is 28.7. The number of amides is 1. The molecule has 4 aromatic rings. The number of likely N-dealkylation sites (tertiary alicyclic amines) is 1. The van der Waals surface area contributed by atoms with Crippen molar-refractivity contribution in [2.24, 2.45) is 11.3 Å². The second-order valence-corrected chi connectivity index (χ2v) is 11.9. The van der Waals surface area contributed by atoms with Crippen LogP contribution in [-0.2, 0) is 32.8 Å². The van der Waals surface area contributed by atoms with Gasteiger partial charge in [-0.2, -0.15) is 0 Å². The molecular weight excluding hydrogens is 522 g/mol. The average Bonchev–Trinajstić information content (AvgIpc) is 3.49. The second-order valence-electron chi connectivity index (χ2n) is 11.9. The fraction of sp³-hybridized carbons (Fsp3) is 0.297. The van der Waals surface area contributed by atoms with Gasteiger partial charge in [-0.3, -0.25) is 9.59 Å². The highest BCUT2D eigenvalue weighted by Gasteiger charge is 2.71. The summed E-state index contributed by atoms with van der Waals surface area (Å²) in [7, 11) is 1.63. The molecule has 0 N–H and O–H groups in total. The molecule has 1 aliphatic heterocycles. The molecule has 8 rings (SSSR count). The van der Waals surface area contributed by atoms with Crippen molar-refractivity contribution in [3.63, 3.8) is 0 Å². The van der Waals surface area contributed by atoms with E-state index in [0.717, 1.165) is 24.0 Å². The van der Waals surface area contributed by atoms with Crippen LogP contribution in [0.2, 0.25) is 0 Å². The van der Waals surface area contributed by atoms with Crippen molar-refractivity contribution in [3.8, 4) is 5.75 Å². The number of carbonyl (C=O) groups excluding carboxylic acids is 2. The molecule has 4 aromatic carbocycles. The highest BCUT2D eigenvalue weighted by Crippen LogP contribution is 2.69. The molecule has 2 bridgehead atoms. The number of para-hydroxylation sites is 1. The van der Waals surface area contributed by atoms with Gasteiger partial charge in [0.2, 0.25) is 5.91 Å². The Morgan fingerprint density at radius 2 is 1.55 bits per heavy atom. The fourth-order valence-electron chi connectivity index (χ4n) is 8.35. The number of hydrogen-bond donors (Lipinski definition) is 0. The summed E-state index contributed by atoms with van der Waals surface area (Å²) < 4.78 is 11.8. The Hall–Kier alpha value is -4.38. The van der Waals surface area contributed by atoms with Gasteiger partial charge in [0, 0.05) is 35.9 Å². The second kappa shape index (κ2) is 10.5. The first kappa shape index (κ1) is 26.5. The van der Waals surface area contributed by atoms with Crippen molar-refractivity contribution in [3.05, 3.63) is 137 Å². The maximum absolute atomic E-state index is 14.6. The monoisotopic (exact) mass is 557 g/mol. The quantitative estimate of drug-likeness (QED) is 0.250. The summed E-state index contributed by atoms with van der Waals surface area (Å²) in [5, 5.41) is 0. The zero-order valence-electron chi connectivity index (χ0n) is 23.9. The topological polar surface area (TPSA) is 55.8 Å². The highest BCUT2D eigenvalue weighted by atomic mass is 16.5. The minimum Gasteiger partial charge on any atom is -0.496 e. The molecule has 5 heteroatoms. The van der Waals surface area contributed by atoms with Gasteiger partial charge < -0.3 is 14.4 Å². The molecule has 0 aromatic heterocycles. The van der Waals surface area contributed by atoms with Gasteiger partial charge in [-0.1, -0.05) is 103 Å². The summed E-state index contributed by atoms with van der Waals surface area (Å²) in [4.78, 5) is 30.6. The largest absolute Gasteiger partial charge is 0.496 e. The van der Waals surface area contributed by atoms with Gasteiger partial charge in [-0.15, -0.1) is 0 Å². The number of hydrogen-bond acceptors (Lipinski definition) is 4. The molecule has 2 fully saturated rings. The summed E-state index contributed by atoms with van der Waals surface area (Å²) >= 11 is 0. The number of benzene rings is 4. The zero-order valence-corrected chi connectivity index (χ0v) is 23.9. The van der Waals surface area contributed by atoms with E-state index in [1.807, 2.05) is 65.6 Å². The van der Waals surface area contributed by atoms with Crippen LogP contribution in [0.1, 0.15) is 46.6 Å².